The lowest BCUT2D eigenvalue weighted by atomic mass is 10.2. The van der Waals surface area contributed by atoms with E-state index in [-0.39, 0.29) is 6.04 Å². The molecule has 0 fully saturated rings. The number of aromatic nitrogens is 2. The molecule has 2 heterocycles. The molecule has 0 aliphatic carbocycles. The minimum absolute atomic E-state index is 0.120. The Morgan fingerprint density at radius 2 is 2.06 bits per heavy atom. The van der Waals surface area contributed by atoms with Gasteiger partial charge in [-0.15, -0.1) is 11.3 Å². The molecular weight excluding hydrogens is 230 g/mol. The van der Waals surface area contributed by atoms with Crippen molar-refractivity contribution in [2.75, 3.05) is 6.54 Å². The molecule has 1 atom stereocenters. The second-order valence-corrected chi connectivity index (χ2v) is 5.26. The predicted octanol–water partition coefficient (Wildman–Crippen LogP) is 2.94. The Labute approximate surface area is 106 Å². The Morgan fingerprint density at radius 1 is 1.29 bits per heavy atom. The van der Waals surface area contributed by atoms with Gasteiger partial charge in [0.15, 0.2) is 0 Å². The van der Waals surface area contributed by atoms with Crippen molar-refractivity contribution in [3.05, 3.63) is 46.2 Å². The van der Waals surface area contributed by atoms with Crippen LogP contribution in [0.1, 0.15) is 35.0 Å². The minimum atomic E-state index is 0.120. The summed E-state index contributed by atoms with van der Waals surface area (Å²) in [6.45, 7) is 5.26. The first kappa shape index (κ1) is 12.2. The fourth-order valence-corrected chi connectivity index (χ4v) is 2.63. The molecular formula is C13H17N3S. The van der Waals surface area contributed by atoms with Crippen LogP contribution in [0.15, 0.2) is 30.6 Å². The molecule has 0 spiro atoms. The highest BCUT2D eigenvalue weighted by Gasteiger charge is 2.17. The molecule has 3 nitrogen and oxygen atoms in total. The Kier molecular flexibility index (Phi) is 4.23. The lowest BCUT2D eigenvalue weighted by Gasteiger charge is -2.15. The molecule has 0 radical (unpaired) electrons. The third-order valence-corrected chi connectivity index (χ3v) is 3.55. The highest BCUT2D eigenvalue weighted by atomic mass is 32.1. The van der Waals surface area contributed by atoms with Gasteiger partial charge in [-0.3, -0.25) is 0 Å². The van der Waals surface area contributed by atoms with Crippen molar-refractivity contribution in [1.82, 2.24) is 15.3 Å². The van der Waals surface area contributed by atoms with Crippen molar-refractivity contribution in [2.24, 2.45) is 0 Å². The maximum absolute atomic E-state index is 4.35. The average molecular weight is 247 g/mol. The first-order valence-corrected chi connectivity index (χ1v) is 6.69. The van der Waals surface area contributed by atoms with E-state index in [0.29, 0.717) is 0 Å². The van der Waals surface area contributed by atoms with E-state index >= 15 is 0 Å². The largest absolute Gasteiger partial charge is 0.303 e. The van der Waals surface area contributed by atoms with E-state index in [1.165, 1.54) is 9.75 Å². The standard InChI is InChI=1S/C13H17N3S/c1-3-7-14-12(11-6-5-10(2)17-11)13-15-8-4-9-16-13/h4-6,8-9,12,14H,3,7H2,1-2H3. The van der Waals surface area contributed by atoms with Gasteiger partial charge in [-0.2, -0.15) is 0 Å². The summed E-state index contributed by atoms with van der Waals surface area (Å²) in [5.74, 6) is 0.850. The summed E-state index contributed by atoms with van der Waals surface area (Å²) in [5, 5.41) is 3.50. The Bertz CT molecular complexity index is 453. The molecule has 0 saturated heterocycles. The molecule has 0 bridgehead atoms. The predicted molar refractivity (Wildman–Crippen MR) is 71.2 cm³/mol. The van der Waals surface area contributed by atoms with Crippen LogP contribution in [0.5, 0.6) is 0 Å². The third-order valence-electron chi connectivity index (χ3n) is 2.49. The summed E-state index contributed by atoms with van der Waals surface area (Å²) in [7, 11) is 0. The zero-order chi connectivity index (χ0) is 12.1. The van der Waals surface area contributed by atoms with Crippen LogP contribution in [0, 0.1) is 6.92 Å². The van der Waals surface area contributed by atoms with Crippen LogP contribution in [0.25, 0.3) is 0 Å². The van der Waals surface area contributed by atoms with E-state index in [9.17, 15) is 0 Å². The monoisotopic (exact) mass is 247 g/mol. The van der Waals surface area contributed by atoms with E-state index in [1.807, 2.05) is 6.07 Å². The molecule has 4 heteroatoms. The number of rotatable bonds is 5. The van der Waals surface area contributed by atoms with E-state index in [2.05, 4.69) is 41.3 Å². The highest BCUT2D eigenvalue weighted by Crippen LogP contribution is 2.26. The zero-order valence-electron chi connectivity index (χ0n) is 10.2. The molecule has 1 N–H and O–H groups in total. The molecule has 90 valence electrons. The van der Waals surface area contributed by atoms with Crippen LogP contribution >= 0.6 is 11.3 Å². The Morgan fingerprint density at radius 3 is 2.65 bits per heavy atom. The maximum atomic E-state index is 4.35. The van der Waals surface area contributed by atoms with Gasteiger partial charge in [0.1, 0.15) is 11.9 Å². The number of hydrogen-bond acceptors (Lipinski definition) is 4. The van der Waals surface area contributed by atoms with E-state index in [0.717, 1.165) is 18.8 Å². The van der Waals surface area contributed by atoms with Crippen LogP contribution in [0.4, 0.5) is 0 Å². The number of thiophene rings is 1. The molecule has 0 aromatic carbocycles. The van der Waals surface area contributed by atoms with Gasteiger partial charge in [0, 0.05) is 22.1 Å². The van der Waals surface area contributed by atoms with Crippen molar-refractivity contribution in [3.63, 3.8) is 0 Å². The van der Waals surface area contributed by atoms with Gasteiger partial charge in [0.2, 0.25) is 0 Å². The lowest BCUT2D eigenvalue weighted by molar-refractivity contribution is 0.579. The van der Waals surface area contributed by atoms with Crippen LogP contribution in [0.2, 0.25) is 0 Å². The fraction of sp³-hybridized carbons (Fsp3) is 0.385. The van der Waals surface area contributed by atoms with Crippen LogP contribution < -0.4 is 5.32 Å². The van der Waals surface area contributed by atoms with Gasteiger partial charge in [-0.25, -0.2) is 9.97 Å². The first-order chi connectivity index (χ1) is 8.31. The summed E-state index contributed by atoms with van der Waals surface area (Å²) in [6.07, 6.45) is 4.69. The van der Waals surface area contributed by atoms with Crippen LogP contribution in [0.3, 0.4) is 0 Å². The van der Waals surface area contributed by atoms with Gasteiger partial charge in [0.25, 0.3) is 0 Å². The SMILES string of the molecule is CCCNC(c1ncccn1)c1ccc(C)s1. The molecule has 2 rings (SSSR count). The Hall–Kier alpha value is -1.26. The van der Waals surface area contributed by atoms with Gasteiger partial charge < -0.3 is 5.32 Å². The maximum Gasteiger partial charge on any atom is 0.150 e. The highest BCUT2D eigenvalue weighted by molar-refractivity contribution is 7.12. The molecule has 17 heavy (non-hydrogen) atoms. The molecule has 1 unspecified atom stereocenters. The number of aryl methyl sites for hydroxylation is 1. The van der Waals surface area contributed by atoms with Crippen molar-refractivity contribution >= 4 is 11.3 Å². The number of nitrogens with one attached hydrogen (secondary N) is 1. The molecule has 0 saturated carbocycles. The van der Waals surface area contributed by atoms with E-state index < -0.39 is 0 Å². The van der Waals surface area contributed by atoms with Gasteiger partial charge in [-0.05, 0) is 38.1 Å². The van der Waals surface area contributed by atoms with Crippen molar-refractivity contribution in [3.8, 4) is 0 Å². The topological polar surface area (TPSA) is 37.8 Å². The molecule has 0 aliphatic rings. The van der Waals surface area contributed by atoms with Gasteiger partial charge >= 0.3 is 0 Å². The van der Waals surface area contributed by atoms with Crippen molar-refractivity contribution in [2.45, 2.75) is 26.3 Å². The second-order valence-electron chi connectivity index (χ2n) is 3.94. The summed E-state index contributed by atoms with van der Waals surface area (Å²) < 4.78 is 0. The molecule has 0 aliphatic heterocycles. The third kappa shape index (κ3) is 3.11. The number of hydrogen-bond donors (Lipinski definition) is 1. The molecule has 2 aromatic rings. The molecule has 0 amide bonds. The quantitative estimate of drug-likeness (QED) is 0.882. The normalized spacial score (nSPS) is 12.6. The second kappa shape index (κ2) is 5.89. The first-order valence-electron chi connectivity index (χ1n) is 5.88. The van der Waals surface area contributed by atoms with Crippen molar-refractivity contribution < 1.29 is 0 Å². The summed E-state index contributed by atoms with van der Waals surface area (Å²) in [4.78, 5) is 11.3. The smallest absolute Gasteiger partial charge is 0.150 e. The number of nitrogens with zero attached hydrogens (tertiary/aromatic N) is 2. The fourth-order valence-electron chi connectivity index (χ4n) is 1.68. The molecule has 2 aromatic heterocycles. The lowest BCUT2D eigenvalue weighted by Crippen LogP contribution is -2.24. The zero-order valence-corrected chi connectivity index (χ0v) is 11.0. The minimum Gasteiger partial charge on any atom is -0.303 e. The summed E-state index contributed by atoms with van der Waals surface area (Å²) in [5.41, 5.74) is 0. The van der Waals surface area contributed by atoms with Crippen LogP contribution in [-0.4, -0.2) is 16.5 Å². The van der Waals surface area contributed by atoms with E-state index in [4.69, 9.17) is 0 Å². The summed E-state index contributed by atoms with van der Waals surface area (Å²) in [6, 6.07) is 6.27. The van der Waals surface area contributed by atoms with E-state index in [1.54, 1.807) is 23.7 Å². The van der Waals surface area contributed by atoms with Crippen molar-refractivity contribution in [1.29, 1.82) is 0 Å². The van der Waals surface area contributed by atoms with Gasteiger partial charge in [-0.1, -0.05) is 6.92 Å². The summed E-state index contributed by atoms with van der Waals surface area (Å²) >= 11 is 1.80. The average Bonchev–Trinajstić information content (AvgIpc) is 2.78. The Balaban J connectivity index is 2.25. The van der Waals surface area contributed by atoms with Crippen LogP contribution in [-0.2, 0) is 0 Å². The van der Waals surface area contributed by atoms with Gasteiger partial charge in [0.05, 0.1) is 0 Å².